The van der Waals surface area contributed by atoms with E-state index in [-0.39, 0.29) is 0 Å². The minimum absolute atomic E-state index is 0.701. The predicted octanol–water partition coefficient (Wildman–Crippen LogP) is 1.03. The van der Waals surface area contributed by atoms with E-state index < -0.39 is 0 Å². The van der Waals surface area contributed by atoms with Crippen LogP contribution in [0, 0.1) is 0 Å². The second-order valence-electron chi connectivity index (χ2n) is 3.25. The zero-order chi connectivity index (χ0) is 11.7. The largest absolute Gasteiger partial charge is 0.493 e. The number of hydrogen-bond acceptors (Lipinski definition) is 5. The summed E-state index contributed by atoms with van der Waals surface area (Å²) in [5, 5.41) is 3.72. The van der Waals surface area contributed by atoms with Gasteiger partial charge < -0.3 is 19.9 Å². The topological polar surface area (TPSA) is 61.8 Å². The molecule has 0 saturated heterocycles. The van der Waals surface area contributed by atoms with Crippen LogP contribution in [0.1, 0.15) is 0 Å². The molecule has 6 heteroatoms. The molecule has 0 spiro atoms. The Morgan fingerprint density at radius 1 is 1.25 bits per heavy atom. The molecule has 2 aromatic rings. The standard InChI is InChI=1S/C10H13N3O2S/c1-13-6-4-7(14-2)8(15-3)5-9(6)16-10(13)12-11/h4-5H,11H2,1-3H3/b12-10+. The highest BCUT2D eigenvalue weighted by Gasteiger charge is 2.10. The monoisotopic (exact) mass is 239 g/mol. The predicted molar refractivity (Wildman–Crippen MR) is 63.7 cm³/mol. The van der Waals surface area contributed by atoms with Crippen LogP contribution in [0.2, 0.25) is 0 Å². The minimum Gasteiger partial charge on any atom is -0.493 e. The Labute approximate surface area is 96.7 Å². The molecule has 1 aromatic heterocycles. The molecule has 5 nitrogen and oxygen atoms in total. The van der Waals surface area contributed by atoms with Crippen molar-refractivity contribution in [2.24, 2.45) is 18.0 Å². The number of methoxy groups -OCH3 is 2. The maximum atomic E-state index is 5.31. The average Bonchev–Trinajstić information content (AvgIpc) is 2.63. The number of aryl methyl sites for hydroxylation is 1. The van der Waals surface area contributed by atoms with E-state index in [9.17, 15) is 0 Å². The molecule has 86 valence electrons. The summed E-state index contributed by atoms with van der Waals surface area (Å²) in [6.07, 6.45) is 0. The van der Waals surface area contributed by atoms with Crippen molar-refractivity contribution in [2.45, 2.75) is 0 Å². The Morgan fingerprint density at radius 3 is 2.44 bits per heavy atom. The fourth-order valence-electron chi connectivity index (χ4n) is 1.58. The first-order valence-corrected chi connectivity index (χ1v) is 5.48. The van der Waals surface area contributed by atoms with Gasteiger partial charge >= 0.3 is 0 Å². The third-order valence-electron chi connectivity index (χ3n) is 2.43. The molecule has 0 radical (unpaired) electrons. The number of nitrogens with two attached hydrogens (primary N) is 1. The van der Waals surface area contributed by atoms with Crippen LogP contribution in [-0.2, 0) is 7.05 Å². The lowest BCUT2D eigenvalue weighted by molar-refractivity contribution is 0.356. The molecule has 1 aromatic carbocycles. The van der Waals surface area contributed by atoms with Crippen LogP contribution in [0.15, 0.2) is 17.2 Å². The summed E-state index contributed by atoms with van der Waals surface area (Å²) in [6, 6.07) is 3.84. The van der Waals surface area contributed by atoms with Crippen LogP contribution >= 0.6 is 11.3 Å². The van der Waals surface area contributed by atoms with E-state index in [4.69, 9.17) is 15.3 Å². The fraction of sp³-hybridized carbons (Fsp3) is 0.300. The van der Waals surface area contributed by atoms with Crippen molar-refractivity contribution in [3.8, 4) is 11.5 Å². The van der Waals surface area contributed by atoms with Crippen molar-refractivity contribution < 1.29 is 9.47 Å². The van der Waals surface area contributed by atoms with Gasteiger partial charge in [-0.2, -0.15) is 5.10 Å². The van der Waals surface area contributed by atoms with E-state index >= 15 is 0 Å². The van der Waals surface area contributed by atoms with E-state index in [0.717, 1.165) is 15.0 Å². The normalized spacial score (nSPS) is 12.1. The van der Waals surface area contributed by atoms with Gasteiger partial charge in [0.05, 0.1) is 24.4 Å². The number of fused-ring (bicyclic) bond motifs is 1. The average molecular weight is 239 g/mol. The van der Waals surface area contributed by atoms with Crippen LogP contribution < -0.4 is 20.1 Å². The second kappa shape index (κ2) is 4.05. The van der Waals surface area contributed by atoms with Crippen molar-refractivity contribution in [1.29, 1.82) is 0 Å². The van der Waals surface area contributed by atoms with E-state index in [2.05, 4.69) is 5.10 Å². The number of thiazole rings is 1. The maximum absolute atomic E-state index is 5.31. The van der Waals surface area contributed by atoms with Crippen molar-refractivity contribution in [3.63, 3.8) is 0 Å². The Morgan fingerprint density at radius 2 is 1.88 bits per heavy atom. The van der Waals surface area contributed by atoms with Gasteiger partial charge in [-0.25, -0.2) is 0 Å². The summed E-state index contributed by atoms with van der Waals surface area (Å²) in [6.45, 7) is 0. The molecule has 0 amide bonds. The third-order valence-corrected chi connectivity index (χ3v) is 3.53. The van der Waals surface area contributed by atoms with Crippen molar-refractivity contribution >= 4 is 21.6 Å². The smallest absolute Gasteiger partial charge is 0.208 e. The summed E-state index contributed by atoms with van der Waals surface area (Å²) in [4.78, 5) is 0.755. The van der Waals surface area contributed by atoms with Gasteiger partial charge in [0.15, 0.2) is 11.5 Å². The molecule has 0 atom stereocenters. The number of aromatic nitrogens is 1. The quantitative estimate of drug-likeness (QED) is 0.629. The molecule has 2 rings (SSSR count). The third kappa shape index (κ3) is 1.51. The van der Waals surface area contributed by atoms with Gasteiger partial charge in [-0.1, -0.05) is 11.3 Å². The van der Waals surface area contributed by atoms with Crippen molar-refractivity contribution in [1.82, 2.24) is 4.57 Å². The van der Waals surface area contributed by atoms with Gasteiger partial charge in [0.1, 0.15) is 0 Å². The molecule has 1 heterocycles. The lowest BCUT2D eigenvalue weighted by Crippen LogP contribution is -2.12. The highest BCUT2D eigenvalue weighted by Crippen LogP contribution is 2.32. The summed E-state index contributed by atoms with van der Waals surface area (Å²) >= 11 is 1.51. The molecular formula is C10H13N3O2S. The van der Waals surface area contributed by atoms with Crippen molar-refractivity contribution in [2.75, 3.05) is 14.2 Å². The van der Waals surface area contributed by atoms with E-state index in [1.54, 1.807) is 14.2 Å². The maximum Gasteiger partial charge on any atom is 0.208 e. The van der Waals surface area contributed by atoms with Crippen LogP contribution in [0.5, 0.6) is 11.5 Å². The number of rotatable bonds is 2. The highest BCUT2D eigenvalue weighted by atomic mass is 32.1. The lowest BCUT2D eigenvalue weighted by Gasteiger charge is -2.07. The van der Waals surface area contributed by atoms with Crippen LogP contribution in [0.4, 0.5) is 0 Å². The van der Waals surface area contributed by atoms with E-state index in [1.807, 2.05) is 23.7 Å². The summed E-state index contributed by atoms with van der Waals surface area (Å²) in [7, 11) is 5.15. The van der Waals surface area contributed by atoms with Gasteiger partial charge in [-0.3, -0.25) is 0 Å². The fourth-order valence-corrected chi connectivity index (χ4v) is 2.53. The molecule has 16 heavy (non-hydrogen) atoms. The molecule has 0 saturated carbocycles. The van der Waals surface area contributed by atoms with Gasteiger partial charge in [-0.15, -0.1) is 0 Å². The van der Waals surface area contributed by atoms with Gasteiger partial charge in [0.25, 0.3) is 0 Å². The first-order chi connectivity index (χ1) is 7.71. The number of benzene rings is 1. The summed E-state index contributed by atoms with van der Waals surface area (Å²) < 4.78 is 13.5. The summed E-state index contributed by atoms with van der Waals surface area (Å²) in [5.41, 5.74) is 1.02. The zero-order valence-corrected chi connectivity index (χ0v) is 10.2. The molecule has 0 aliphatic carbocycles. The number of ether oxygens (including phenoxy) is 2. The summed E-state index contributed by atoms with van der Waals surface area (Å²) in [5.74, 6) is 6.72. The van der Waals surface area contributed by atoms with E-state index in [0.29, 0.717) is 11.5 Å². The molecule has 0 fully saturated rings. The van der Waals surface area contributed by atoms with Crippen LogP contribution in [0.25, 0.3) is 10.2 Å². The second-order valence-corrected chi connectivity index (χ2v) is 4.26. The molecule has 2 N–H and O–H groups in total. The zero-order valence-electron chi connectivity index (χ0n) is 9.35. The Balaban J connectivity index is 2.81. The van der Waals surface area contributed by atoms with Crippen LogP contribution in [-0.4, -0.2) is 18.8 Å². The van der Waals surface area contributed by atoms with Crippen LogP contribution in [0.3, 0.4) is 0 Å². The Kier molecular flexibility index (Phi) is 2.74. The molecule has 0 aliphatic rings. The molecular weight excluding hydrogens is 226 g/mol. The Bertz CT molecular complexity index is 585. The highest BCUT2D eigenvalue weighted by molar-refractivity contribution is 7.16. The molecule has 0 unspecified atom stereocenters. The molecule has 0 aliphatic heterocycles. The number of nitrogens with zero attached hydrogens (tertiary/aromatic N) is 2. The SMILES string of the molecule is COc1cc2s/c(=N/N)n(C)c2cc1OC. The number of hydrogen-bond donors (Lipinski definition) is 1. The van der Waals surface area contributed by atoms with Gasteiger partial charge in [-0.05, 0) is 0 Å². The van der Waals surface area contributed by atoms with Gasteiger partial charge in [0.2, 0.25) is 4.80 Å². The van der Waals surface area contributed by atoms with Crippen molar-refractivity contribution in [3.05, 3.63) is 16.9 Å². The Hall–Kier alpha value is -1.69. The lowest BCUT2D eigenvalue weighted by atomic mass is 10.3. The molecule has 0 bridgehead atoms. The first-order valence-electron chi connectivity index (χ1n) is 4.66. The van der Waals surface area contributed by atoms with Gasteiger partial charge in [0, 0.05) is 19.2 Å². The first kappa shape index (κ1) is 10.8. The van der Waals surface area contributed by atoms with E-state index in [1.165, 1.54) is 11.3 Å². The minimum atomic E-state index is 0.701.